The molecule has 0 unspecified atom stereocenters. The molecule has 1 aromatic rings. The molecule has 1 saturated carbocycles. The van der Waals surface area contributed by atoms with Gasteiger partial charge in [-0.3, -0.25) is 9.78 Å². The summed E-state index contributed by atoms with van der Waals surface area (Å²) in [4.78, 5) is 15.5. The molecule has 0 aliphatic heterocycles. The number of rotatable bonds is 4. The van der Waals surface area contributed by atoms with Gasteiger partial charge in [-0.1, -0.05) is 6.92 Å². The van der Waals surface area contributed by atoms with Crippen LogP contribution in [-0.2, 0) is 4.79 Å². The maximum absolute atomic E-state index is 11.6. The molecule has 0 bridgehead atoms. The number of carbonyl (C=O) groups is 1. The van der Waals surface area contributed by atoms with Gasteiger partial charge in [0.25, 0.3) is 0 Å². The van der Waals surface area contributed by atoms with Gasteiger partial charge in [-0.15, -0.1) is 0 Å². The third-order valence-corrected chi connectivity index (χ3v) is 4.00. The van der Waals surface area contributed by atoms with E-state index in [0.717, 1.165) is 31.4 Å². The lowest BCUT2D eigenvalue weighted by Crippen LogP contribution is -2.41. The number of hydrogen-bond acceptors (Lipinski definition) is 3. The lowest BCUT2D eigenvalue weighted by atomic mass is 9.71. The van der Waals surface area contributed by atoms with Crippen molar-refractivity contribution in [3.05, 3.63) is 24.5 Å². The highest BCUT2D eigenvalue weighted by atomic mass is 16.4. The fraction of sp³-hybridized carbons (Fsp3) is 0.571. The topological polar surface area (TPSA) is 62.2 Å². The summed E-state index contributed by atoms with van der Waals surface area (Å²) in [5.74, 6) is -0.0191. The number of aliphatic carboxylic acids is 1. The molecular weight excluding hydrogens is 228 g/mol. The molecule has 18 heavy (non-hydrogen) atoms. The zero-order chi connectivity index (χ0) is 13.0. The Morgan fingerprint density at radius 3 is 2.61 bits per heavy atom. The van der Waals surface area contributed by atoms with Crippen LogP contribution in [0.4, 0.5) is 5.69 Å². The van der Waals surface area contributed by atoms with Crippen molar-refractivity contribution in [2.24, 2.45) is 11.3 Å². The van der Waals surface area contributed by atoms with Crippen LogP contribution in [-0.4, -0.2) is 22.6 Å². The van der Waals surface area contributed by atoms with Gasteiger partial charge in [-0.2, -0.15) is 0 Å². The van der Waals surface area contributed by atoms with Crippen LogP contribution in [0.2, 0.25) is 0 Å². The first-order chi connectivity index (χ1) is 8.62. The molecule has 1 aromatic heterocycles. The Labute approximate surface area is 107 Å². The van der Waals surface area contributed by atoms with Crippen LogP contribution in [0.1, 0.15) is 32.6 Å². The van der Waals surface area contributed by atoms with Gasteiger partial charge in [0.05, 0.1) is 5.41 Å². The van der Waals surface area contributed by atoms with Crippen LogP contribution in [0, 0.1) is 11.3 Å². The zero-order valence-corrected chi connectivity index (χ0v) is 10.7. The zero-order valence-electron chi connectivity index (χ0n) is 10.7. The normalized spacial score (nSPS) is 27.7. The van der Waals surface area contributed by atoms with Crippen molar-refractivity contribution in [1.29, 1.82) is 0 Å². The van der Waals surface area contributed by atoms with Gasteiger partial charge < -0.3 is 10.4 Å². The number of carboxylic acid groups (broad SMARTS) is 1. The van der Waals surface area contributed by atoms with Crippen LogP contribution >= 0.6 is 0 Å². The third-order valence-electron chi connectivity index (χ3n) is 4.00. The predicted molar refractivity (Wildman–Crippen MR) is 70.4 cm³/mol. The minimum absolute atomic E-state index is 0.499. The molecule has 0 radical (unpaired) electrons. The minimum atomic E-state index is -0.670. The highest BCUT2D eigenvalue weighted by Gasteiger charge is 2.40. The second-order valence-corrected chi connectivity index (χ2v) is 5.36. The molecule has 4 heteroatoms. The Kier molecular flexibility index (Phi) is 3.84. The maximum Gasteiger partial charge on any atom is 0.311 e. The Bertz CT molecular complexity index is 398. The molecule has 1 aliphatic rings. The van der Waals surface area contributed by atoms with Gasteiger partial charge >= 0.3 is 5.97 Å². The van der Waals surface area contributed by atoms with Gasteiger partial charge in [0.1, 0.15) is 0 Å². The molecule has 0 atom stereocenters. The summed E-state index contributed by atoms with van der Waals surface area (Å²) in [6, 6.07) is 3.72. The quantitative estimate of drug-likeness (QED) is 0.860. The molecule has 0 saturated heterocycles. The number of nitrogens with one attached hydrogen (secondary N) is 1. The highest BCUT2D eigenvalue weighted by molar-refractivity contribution is 5.75. The average Bonchev–Trinajstić information content (AvgIpc) is 2.39. The van der Waals surface area contributed by atoms with Gasteiger partial charge in [0.2, 0.25) is 0 Å². The van der Waals surface area contributed by atoms with Crippen LogP contribution in [0.3, 0.4) is 0 Å². The highest BCUT2D eigenvalue weighted by Crippen LogP contribution is 2.39. The van der Waals surface area contributed by atoms with Gasteiger partial charge in [-0.25, -0.2) is 0 Å². The number of carboxylic acids is 1. The van der Waals surface area contributed by atoms with E-state index >= 15 is 0 Å². The first-order valence-electron chi connectivity index (χ1n) is 6.50. The second kappa shape index (κ2) is 5.38. The second-order valence-electron chi connectivity index (χ2n) is 5.36. The number of nitrogens with zero attached hydrogens (tertiary/aromatic N) is 1. The van der Waals surface area contributed by atoms with Crippen LogP contribution in [0.25, 0.3) is 0 Å². The van der Waals surface area contributed by atoms with E-state index in [-0.39, 0.29) is 0 Å². The number of anilines is 1. The molecular formula is C14H20N2O2. The monoisotopic (exact) mass is 248 g/mol. The van der Waals surface area contributed by atoms with E-state index in [0.29, 0.717) is 12.5 Å². The summed E-state index contributed by atoms with van der Waals surface area (Å²) in [5.41, 5.74) is 0.333. The van der Waals surface area contributed by atoms with Gasteiger partial charge in [-0.05, 0) is 43.7 Å². The summed E-state index contributed by atoms with van der Waals surface area (Å²) < 4.78 is 0. The first-order valence-corrected chi connectivity index (χ1v) is 6.50. The van der Waals surface area contributed by atoms with Crippen LogP contribution < -0.4 is 5.32 Å². The Morgan fingerprint density at radius 2 is 2.06 bits per heavy atom. The van der Waals surface area contributed by atoms with Crippen molar-refractivity contribution in [2.75, 3.05) is 11.9 Å². The predicted octanol–water partition coefficient (Wildman–Crippen LogP) is 2.77. The maximum atomic E-state index is 11.6. The Hall–Kier alpha value is -1.58. The van der Waals surface area contributed by atoms with Crippen molar-refractivity contribution in [3.8, 4) is 0 Å². The van der Waals surface area contributed by atoms with E-state index in [2.05, 4.69) is 17.2 Å². The molecule has 4 nitrogen and oxygen atoms in total. The Morgan fingerprint density at radius 1 is 1.44 bits per heavy atom. The molecule has 1 fully saturated rings. The van der Waals surface area contributed by atoms with Crippen LogP contribution in [0.15, 0.2) is 24.5 Å². The van der Waals surface area contributed by atoms with E-state index in [1.807, 2.05) is 12.1 Å². The SMILES string of the molecule is CC1CCC(CNc2ccncc2)(C(=O)O)CC1. The summed E-state index contributed by atoms with van der Waals surface area (Å²) in [6.45, 7) is 2.70. The smallest absolute Gasteiger partial charge is 0.311 e. The molecule has 2 rings (SSSR count). The molecule has 1 heterocycles. The van der Waals surface area contributed by atoms with E-state index in [1.165, 1.54) is 0 Å². The molecule has 98 valence electrons. The first kappa shape index (κ1) is 12.9. The van der Waals surface area contributed by atoms with Crippen molar-refractivity contribution in [1.82, 2.24) is 4.98 Å². The third kappa shape index (κ3) is 2.81. The van der Waals surface area contributed by atoms with Gasteiger partial charge in [0.15, 0.2) is 0 Å². The summed E-state index contributed by atoms with van der Waals surface area (Å²) in [5, 5.41) is 12.7. The molecule has 0 spiro atoms. The van der Waals surface area contributed by atoms with Crippen LogP contribution in [0.5, 0.6) is 0 Å². The van der Waals surface area contributed by atoms with E-state index in [1.54, 1.807) is 12.4 Å². The van der Waals surface area contributed by atoms with Crippen molar-refractivity contribution in [2.45, 2.75) is 32.6 Å². The Balaban J connectivity index is 2.01. The van der Waals surface area contributed by atoms with Crippen molar-refractivity contribution >= 4 is 11.7 Å². The summed E-state index contributed by atoms with van der Waals surface area (Å²) >= 11 is 0. The lowest BCUT2D eigenvalue weighted by Gasteiger charge is -2.36. The summed E-state index contributed by atoms with van der Waals surface area (Å²) in [6.07, 6.45) is 6.95. The molecule has 0 amide bonds. The molecule has 2 N–H and O–H groups in total. The number of pyridine rings is 1. The van der Waals surface area contributed by atoms with Crippen molar-refractivity contribution in [3.63, 3.8) is 0 Å². The van der Waals surface area contributed by atoms with Gasteiger partial charge in [0, 0.05) is 24.6 Å². The standard InChI is InChI=1S/C14H20N2O2/c1-11-2-6-14(7-3-11,13(17)18)10-16-12-4-8-15-9-5-12/h4-5,8-9,11H,2-3,6-7,10H2,1H3,(H,15,16)(H,17,18). The van der Waals surface area contributed by atoms with Crippen molar-refractivity contribution < 1.29 is 9.90 Å². The fourth-order valence-electron chi connectivity index (χ4n) is 2.52. The van der Waals surface area contributed by atoms with E-state index in [4.69, 9.17) is 0 Å². The fourth-order valence-corrected chi connectivity index (χ4v) is 2.52. The van der Waals surface area contributed by atoms with E-state index < -0.39 is 11.4 Å². The largest absolute Gasteiger partial charge is 0.481 e. The summed E-state index contributed by atoms with van der Waals surface area (Å²) in [7, 11) is 0. The minimum Gasteiger partial charge on any atom is -0.481 e. The number of hydrogen-bond donors (Lipinski definition) is 2. The average molecular weight is 248 g/mol. The number of aromatic nitrogens is 1. The molecule has 1 aliphatic carbocycles. The molecule has 0 aromatic carbocycles. The lowest BCUT2D eigenvalue weighted by molar-refractivity contribution is -0.150. The van der Waals surface area contributed by atoms with E-state index in [9.17, 15) is 9.90 Å².